The van der Waals surface area contributed by atoms with E-state index in [1.807, 2.05) is 6.92 Å². The van der Waals surface area contributed by atoms with Crippen molar-refractivity contribution < 1.29 is 22.3 Å². The van der Waals surface area contributed by atoms with Crippen LogP contribution in [0.3, 0.4) is 0 Å². The van der Waals surface area contributed by atoms with Crippen LogP contribution in [0, 0.1) is 5.82 Å². The Labute approximate surface area is 109 Å². The molecule has 1 aromatic carbocycles. The van der Waals surface area contributed by atoms with E-state index in [2.05, 4.69) is 5.32 Å². The van der Waals surface area contributed by atoms with E-state index in [-0.39, 0.29) is 11.7 Å². The molecular weight excluding hydrogens is 262 g/mol. The summed E-state index contributed by atoms with van der Waals surface area (Å²) in [5.41, 5.74) is -0.933. The van der Waals surface area contributed by atoms with Gasteiger partial charge in [-0.3, -0.25) is 0 Å². The summed E-state index contributed by atoms with van der Waals surface area (Å²) in [6.45, 7) is 2.34. The minimum atomic E-state index is -4.53. The fourth-order valence-electron chi connectivity index (χ4n) is 1.78. The van der Waals surface area contributed by atoms with Gasteiger partial charge in [0, 0.05) is 13.2 Å². The molecule has 19 heavy (non-hydrogen) atoms. The largest absolute Gasteiger partial charge is 0.416 e. The van der Waals surface area contributed by atoms with Crippen LogP contribution in [-0.4, -0.2) is 19.8 Å². The van der Waals surface area contributed by atoms with Gasteiger partial charge in [-0.05, 0) is 24.6 Å². The van der Waals surface area contributed by atoms with Crippen molar-refractivity contribution in [2.45, 2.75) is 32.0 Å². The number of hydrogen-bond acceptors (Lipinski definition) is 2. The van der Waals surface area contributed by atoms with Gasteiger partial charge in [-0.15, -0.1) is 0 Å². The molecule has 0 aliphatic heterocycles. The molecule has 0 heterocycles. The first-order chi connectivity index (χ1) is 8.88. The molecule has 0 spiro atoms. The number of methoxy groups -OCH3 is 1. The maximum absolute atomic E-state index is 13.6. The molecule has 0 aliphatic carbocycles. The maximum Gasteiger partial charge on any atom is 0.416 e. The normalized spacial score (nSPS) is 13.4. The number of anilines is 1. The summed E-state index contributed by atoms with van der Waals surface area (Å²) in [7, 11) is 1.52. The van der Waals surface area contributed by atoms with E-state index in [0.717, 1.165) is 25.0 Å². The van der Waals surface area contributed by atoms with Crippen LogP contribution in [0.15, 0.2) is 18.2 Å². The van der Waals surface area contributed by atoms with E-state index < -0.39 is 17.6 Å². The molecule has 0 amide bonds. The molecule has 1 aromatic rings. The second-order valence-corrected chi connectivity index (χ2v) is 4.28. The van der Waals surface area contributed by atoms with Crippen LogP contribution >= 0.6 is 0 Å². The van der Waals surface area contributed by atoms with Gasteiger partial charge in [-0.25, -0.2) is 4.39 Å². The molecule has 0 bridgehead atoms. The van der Waals surface area contributed by atoms with E-state index >= 15 is 0 Å². The molecule has 1 rings (SSSR count). The molecule has 6 heteroatoms. The quantitative estimate of drug-likeness (QED) is 0.792. The first-order valence-electron chi connectivity index (χ1n) is 6.00. The molecule has 0 saturated carbocycles. The fraction of sp³-hybridized carbons (Fsp3) is 0.538. The average molecular weight is 279 g/mol. The van der Waals surface area contributed by atoms with Crippen LogP contribution in [-0.2, 0) is 10.9 Å². The van der Waals surface area contributed by atoms with Gasteiger partial charge in [0.2, 0.25) is 0 Å². The van der Waals surface area contributed by atoms with Crippen molar-refractivity contribution in [1.29, 1.82) is 0 Å². The maximum atomic E-state index is 13.6. The van der Waals surface area contributed by atoms with E-state index in [0.29, 0.717) is 12.7 Å². The van der Waals surface area contributed by atoms with Crippen molar-refractivity contribution >= 4 is 5.69 Å². The van der Waals surface area contributed by atoms with Crippen molar-refractivity contribution in [2.75, 3.05) is 19.0 Å². The summed E-state index contributed by atoms with van der Waals surface area (Å²) in [6, 6.07) is 2.34. The third kappa shape index (κ3) is 4.70. The van der Waals surface area contributed by atoms with Crippen LogP contribution in [0.2, 0.25) is 0 Å². The lowest BCUT2D eigenvalue weighted by molar-refractivity contribution is -0.137. The van der Waals surface area contributed by atoms with Crippen LogP contribution in [0.4, 0.5) is 23.2 Å². The highest BCUT2D eigenvalue weighted by Crippen LogP contribution is 2.31. The summed E-state index contributed by atoms with van der Waals surface area (Å²) >= 11 is 0. The van der Waals surface area contributed by atoms with Crippen molar-refractivity contribution in [1.82, 2.24) is 0 Å². The number of hydrogen-bond donors (Lipinski definition) is 1. The molecule has 2 nitrogen and oxygen atoms in total. The molecule has 0 aromatic heterocycles. The number of ether oxygens (including phenoxy) is 1. The smallest absolute Gasteiger partial charge is 0.383 e. The second-order valence-electron chi connectivity index (χ2n) is 4.28. The zero-order valence-electron chi connectivity index (χ0n) is 10.9. The van der Waals surface area contributed by atoms with E-state index in [1.165, 1.54) is 7.11 Å². The van der Waals surface area contributed by atoms with Gasteiger partial charge < -0.3 is 10.1 Å². The van der Waals surface area contributed by atoms with Crippen LogP contribution in [0.5, 0.6) is 0 Å². The lowest BCUT2D eigenvalue weighted by Gasteiger charge is -2.19. The van der Waals surface area contributed by atoms with Gasteiger partial charge >= 0.3 is 6.18 Å². The molecule has 0 saturated heterocycles. The molecule has 1 N–H and O–H groups in total. The Morgan fingerprint density at radius 1 is 1.32 bits per heavy atom. The van der Waals surface area contributed by atoms with Crippen molar-refractivity contribution in [3.8, 4) is 0 Å². The van der Waals surface area contributed by atoms with Crippen LogP contribution < -0.4 is 5.32 Å². The minimum Gasteiger partial charge on any atom is -0.383 e. The van der Waals surface area contributed by atoms with Gasteiger partial charge in [0.15, 0.2) is 0 Å². The summed E-state index contributed by atoms with van der Waals surface area (Å²) in [6.07, 6.45) is -2.92. The Balaban J connectivity index is 2.84. The number of rotatable bonds is 6. The highest BCUT2D eigenvalue weighted by molar-refractivity contribution is 5.47. The van der Waals surface area contributed by atoms with Gasteiger partial charge in [-0.2, -0.15) is 13.2 Å². The predicted molar refractivity (Wildman–Crippen MR) is 65.6 cm³/mol. The SMILES string of the molecule is CCCC(COC)Nc1ccc(C(F)(F)F)cc1F. The van der Waals surface area contributed by atoms with Crippen molar-refractivity contribution in [3.05, 3.63) is 29.6 Å². The number of halogens is 4. The van der Waals surface area contributed by atoms with E-state index in [4.69, 9.17) is 4.74 Å². The Hall–Kier alpha value is -1.30. The monoisotopic (exact) mass is 279 g/mol. The van der Waals surface area contributed by atoms with Crippen molar-refractivity contribution in [2.24, 2.45) is 0 Å². The first kappa shape index (κ1) is 15.8. The third-order valence-electron chi connectivity index (χ3n) is 2.66. The molecule has 0 fully saturated rings. The minimum absolute atomic E-state index is 0.0588. The van der Waals surface area contributed by atoms with Crippen molar-refractivity contribution in [3.63, 3.8) is 0 Å². The standard InChI is InChI=1S/C13H17F4NO/c1-3-4-10(8-19-2)18-12-6-5-9(7-11(12)14)13(15,16)17/h5-7,10,18H,3-4,8H2,1-2H3. The Kier molecular flexibility index (Phi) is 5.60. The van der Waals surface area contributed by atoms with Gasteiger partial charge in [-0.1, -0.05) is 13.3 Å². The van der Waals surface area contributed by atoms with E-state index in [1.54, 1.807) is 0 Å². The Morgan fingerprint density at radius 2 is 2.00 bits per heavy atom. The van der Waals surface area contributed by atoms with Gasteiger partial charge in [0.1, 0.15) is 5.82 Å². The highest BCUT2D eigenvalue weighted by Gasteiger charge is 2.31. The molecule has 1 atom stereocenters. The zero-order chi connectivity index (χ0) is 14.5. The molecule has 1 unspecified atom stereocenters. The molecule has 108 valence electrons. The van der Waals surface area contributed by atoms with Gasteiger partial charge in [0.25, 0.3) is 0 Å². The lowest BCUT2D eigenvalue weighted by atomic mass is 10.1. The Bertz CT molecular complexity index is 400. The molecule has 0 aliphatic rings. The zero-order valence-corrected chi connectivity index (χ0v) is 10.9. The summed E-state index contributed by atoms with van der Waals surface area (Å²) in [5, 5.41) is 2.86. The molecule has 0 radical (unpaired) electrons. The highest BCUT2D eigenvalue weighted by atomic mass is 19.4. The van der Waals surface area contributed by atoms with Gasteiger partial charge in [0.05, 0.1) is 17.9 Å². The average Bonchev–Trinajstić information content (AvgIpc) is 2.31. The number of nitrogens with one attached hydrogen (secondary N) is 1. The number of alkyl halides is 3. The summed E-state index contributed by atoms with van der Waals surface area (Å²) < 4.78 is 55.8. The second kappa shape index (κ2) is 6.75. The molecular formula is C13H17F4NO. The fourth-order valence-corrected chi connectivity index (χ4v) is 1.78. The predicted octanol–water partition coefficient (Wildman–Crippen LogP) is 4.07. The first-order valence-corrected chi connectivity index (χ1v) is 6.00. The van der Waals surface area contributed by atoms with E-state index in [9.17, 15) is 17.6 Å². The number of benzene rings is 1. The van der Waals surface area contributed by atoms with Crippen LogP contribution in [0.25, 0.3) is 0 Å². The van der Waals surface area contributed by atoms with Crippen LogP contribution in [0.1, 0.15) is 25.3 Å². The Morgan fingerprint density at radius 3 is 2.47 bits per heavy atom. The lowest BCUT2D eigenvalue weighted by Crippen LogP contribution is -2.25. The topological polar surface area (TPSA) is 21.3 Å². The third-order valence-corrected chi connectivity index (χ3v) is 2.66. The summed E-state index contributed by atoms with van der Waals surface area (Å²) in [4.78, 5) is 0. The summed E-state index contributed by atoms with van der Waals surface area (Å²) in [5.74, 6) is -0.910.